The Morgan fingerprint density at radius 2 is 1.60 bits per heavy atom. The molecule has 5 atom stereocenters. The maximum Gasteiger partial charge on any atom is 0.246 e. The molecular formula is C32H45N5O5. The first kappa shape index (κ1) is 32.8. The fourth-order valence-corrected chi connectivity index (χ4v) is 4.98. The quantitative estimate of drug-likeness (QED) is 0.306. The molecule has 0 saturated carbocycles. The van der Waals surface area contributed by atoms with E-state index in [2.05, 4.69) is 21.3 Å². The van der Waals surface area contributed by atoms with Crippen LogP contribution in [0.25, 0.3) is 0 Å². The fourth-order valence-electron chi connectivity index (χ4n) is 4.98. The molecule has 10 heteroatoms. The molecule has 3 rings (SSSR count). The molecule has 0 aromatic heterocycles. The number of ether oxygens (including phenoxy) is 1. The predicted molar refractivity (Wildman–Crippen MR) is 161 cm³/mol. The molecule has 42 heavy (non-hydrogen) atoms. The summed E-state index contributed by atoms with van der Waals surface area (Å²) in [6, 6.07) is 16.2. The van der Waals surface area contributed by atoms with Crippen molar-refractivity contribution in [2.24, 2.45) is 5.41 Å². The number of likely N-dealkylation sites (tertiary alicyclic amines) is 1. The summed E-state index contributed by atoms with van der Waals surface area (Å²) >= 11 is 0. The maximum atomic E-state index is 14.0. The molecular weight excluding hydrogens is 534 g/mol. The average Bonchev–Trinajstić information content (AvgIpc) is 3.38. The molecule has 2 aromatic rings. The highest BCUT2D eigenvalue weighted by Crippen LogP contribution is 2.27. The molecule has 228 valence electrons. The van der Waals surface area contributed by atoms with Crippen LogP contribution in [0.15, 0.2) is 60.7 Å². The zero-order valence-electron chi connectivity index (χ0n) is 25.5. The van der Waals surface area contributed by atoms with E-state index in [4.69, 9.17) is 4.74 Å². The minimum absolute atomic E-state index is 0.154. The molecule has 2 aromatic carbocycles. The van der Waals surface area contributed by atoms with Crippen molar-refractivity contribution in [3.05, 3.63) is 71.8 Å². The monoisotopic (exact) mass is 579 g/mol. The summed E-state index contributed by atoms with van der Waals surface area (Å²) in [6.45, 7) is 9.48. The van der Waals surface area contributed by atoms with Gasteiger partial charge in [0.2, 0.25) is 23.6 Å². The van der Waals surface area contributed by atoms with Crippen LogP contribution in [0, 0.1) is 5.41 Å². The molecule has 10 nitrogen and oxygen atoms in total. The SMILES string of the molecule is CN[C@@H](C)C(=O)N[C@H](C(=O)N1C[C@@H](NC(C)=O)C[C@H]1C(=O)N[C@H](COCc1ccccc1)c1ccccc1)C(C)(C)C. The predicted octanol–water partition coefficient (Wildman–Crippen LogP) is 2.31. The third-order valence-electron chi connectivity index (χ3n) is 7.43. The summed E-state index contributed by atoms with van der Waals surface area (Å²) in [5.41, 5.74) is 1.25. The third-order valence-corrected chi connectivity index (χ3v) is 7.43. The summed E-state index contributed by atoms with van der Waals surface area (Å²) in [5, 5.41) is 11.7. The van der Waals surface area contributed by atoms with Gasteiger partial charge in [-0.05, 0) is 36.9 Å². The Kier molecular flexibility index (Phi) is 11.6. The summed E-state index contributed by atoms with van der Waals surface area (Å²) in [6.07, 6.45) is 0.251. The van der Waals surface area contributed by atoms with Crippen LogP contribution >= 0.6 is 0 Å². The topological polar surface area (TPSA) is 129 Å². The van der Waals surface area contributed by atoms with E-state index >= 15 is 0 Å². The molecule has 4 amide bonds. The van der Waals surface area contributed by atoms with Gasteiger partial charge in [0.05, 0.1) is 25.3 Å². The molecule has 1 fully saturated rings. The minimum Gasteiger partial charge on any atom is -0.374 e. The standard InChI is InChI=1S/C32H45N5O5/c1-21(33-6)29(39)36-28(32(3,4)5)31(41)37-18-25(34-22(2)38)17-27(37)30(40)35-26(24-15-11-8-12-16-24)20-42-19-23-13-9-7-10-14-23/h7-16,21,25-28,33H,17-20H2,1-6H3,(H,34,38)(H,35,40)(H,36,39)/t21-,25-,26+,27-,28+/m0/s1. The van der Waals surface area contributed by atoms with Crippen molar-refractivity contribution in [1.29, 1.82) is 0 Å². The maximum absolute atomic E-state index is 14.0. The lowest BCUT2D eigenvalue weighted by Gasteiger charge is -2.36. The number of carbonyl (C=O) groups is 4. The van der Waals surface area contributed by atoms with E-state index in [-0.39, 0.29) is 43.2 Å². The highest BCUT2D eigenvalue weighted by Gasteiger charge is 2.45. The van der Waals surface area contributed by atoms with Crippen LogP contribution in [-0.2, 0) is 30.5 Å². The van der Waals surface area contributed by atoms with E-state index in [9.17, 15) is 19.2 Å². The number of hydrogen-bond donors (Lipinski definition) is 4. The van der Waals surface area contributed by atoms with Crippen LogP contribution in [0.5, 0.6) is 0 Å². The molecule has 4 N–H and O–H groups in total. The van der Waals surface area contributed by atoms with Gasteiger partial charge < -0.3 is 30.9 Å². The van der Waals surface area contributed by atoms with Gasteiger partial charge in [-0.1, -0.05) is 81.4 Å². The number of hydrogen-bond acceptors (Lipinski definition) is 6. The minimum atomic E-state index is -0.883. The van der Waals surface area contributed by atoms with Gasteiger partial charge in [-0.3, -0.25) is 19.2 Å². The lowest BCUT2D eigenvalue weighted by molar-refractivity contribution is -0.144. The Morgan fingerprint density at radius 1 is 0.976 bits per heavy atom. The van der Waals surface area contributed by atoms with Gasteiger partial charge in [0, 0.05) is 19.5 Å². The highest BCUT2D eigenvalue weighted by molar-refractivity contribution is 5.94. The Labute approximate surface area is 249 Å². The summed E-state index contributed by atoms with van der Waals surface area (Å²) < 4.78 is 6.00. The number of rotatable bonds is 12. The van der Waals surface area contributed by atoms with E-state index in [1.54, 1.807) is 14.0 Å². The van der Waals surface area contributed by atoms with E-state index in [1.807, 2.05) is 81.4 Å². The van der Waals surface area contributed by atoms with Crippen LogP contribution in [0.2, 0.25) is 0 Å². The first-order valence-corrected chi connectivity index (χ1v) is 14.4. The van der Waals surface area contributed by atoms with Crippen molar-refractivity contribution in [3.63, 3.8) is 0 Å². The molecule has 1 saturated heterocycles. The van der Waals surface area contributed by atoms with Gasteiger partial charge in [0.25, 0.3) is 0 Å². The van der Waals surface area contributed by atoms with Gasteiger partial charge in [-0.25, -0.2) is 0 Å². The zero-order valence-corrected chi connectivity index (χ0v) is 25.5. The molecule has 1 aliphatic rings. The molecule has 0 spiro atoms. The van der Waals surface area contributed by atoms with Crippen molar-refractivity contribution in [2.45, 2.75) is 77.9 Å². The number of benzene rings is 2. The smallest absolute Gasteiger partial charge is 0.246 e. The van der Waals surface area contributed by atoms with Gasteiger partial charge in [0.1, 0.15) is 12.1 Å². The van der Waals surface area contributed by atoms with Gasteiger partial charge >= 0.3 is 0 Å². The third kappa shape index (κ3) is 9.12. The second kappa shape index (κ2) is 14.9. The summed E-state index contributed by atoms with van der Waals surface area (Å²) in [7, 11) is 1.67. The zero-order chi connectivity index (χ0) is 30.9. The Bertz CT molecular complexity index is 1200. The van der Waals surface area contributed by atoms with Crippen LogP contribution in [0.4, 0.5) is 0 Å². The lowest BCUT2D eigenvalue weighted by atomic mass is 9.85. The summed E-state index contributed by atoms with van der Waals surface area (Å²) in [5.74, 6) is -1.28. The average molecular weight is 580 g/mol. The molecule has 0 bridgehead atoms. The Balaban J connectivity index is 1.83. The van der Waals surface area contributed by atoms with Crippen molar-refractivity contribution >= 4 is 23.6 Å². The van der Waals surface area contributed by atoms with Crippen molar-refractivity contribution in [3.8, 4) is 0 Å². The van der Waals surface area contributed by atoms with Crippen LogP contribution in [-0.4, -0.2) is 72.9 Å². The number of nitrogens with one attached hydrogen (secondary N) is 4. The second-order valence-electron chi connectivity index (χ2n) is 11.9. The van der Waals surface area contributed by atoms with Gasteiger partial charge in [-0.15, -0.1) is 0 Å². The Hall–Kier alpha value is -3.76. The van der Waals surface area contributed by atoms with E-state index in [1.165, 1.54) is 11.8 Å². The number of amides is 4. The molecule has 1 aliphatic heterocycles. The molecule has 0 unspecified atom stereocenters. The highest BCUT2D eigenvalue weighted by atomic mass is 16.5. The first-order valence-electron chi connectivity index (χ1n) is 14.4. The number of nitrogens with zero attached hydrogens (tertiary/aromatic N) is 1. The first-order chi connectivity index (χ1) is 19.9. The van der Waals surface area contributed by atoms with E-state index < -0.39 is 35.6 Å². The summed E-state index contributed by atoms with van der Waals surface area (Å²) in [4.78, 5) is 54.1. The van der Waals surface area contributed by atoms with Crippen molar-refractivity contribution in [2.75, 3.05) is 20.2 Å². The van der Waals surface area contributed by atoms with Crippen molar-refractivity contribution in [1.82, 2.24) is 26.2 Å². The molecule has 0 radical (unpaired) electrons. The second-order valence-corrected chi connectivity index (χ2v) is 11.9. The molecule has 0 aliphatic carbocycles. The Morgan fingerprint density at radius 3 is 2.17 bits per heavy atom. The lowest BCUT2D eigenvalue weighted by Crippen LogP contribution is -2.59. The van der Waals surface area contributed by atoms with Crippen LogP contribution in [0.3, 0.4) is 0 Å². The van der Waals surface area contributed by atoms with Crippen molar-refractivity contribution < 1.29 is 23.9 Å². The van der Waals surface area contributed by atoms with Gasteiger partial charge in [-0.2, -0.15) is 0 Å². The van der Waals surface area contributed by atoms with Gasteiger partial charge in [0.15, 0.2) is 0 Å². The van der Waals surface area contributed by atoms with Crippen LogP contribution < -0.4 is 21.3 Å². The largest absolute Gasteiger partial charge is 0.374 e. The number of likely N-dealkylation sites (N-methyl/N-ethyl adjacent to an activating group) is 1. The number of carbonyl (C=O) groups excluding carboxylic acids is 4. The van der Waals surface area contributed by atoms with Crippen LogP contribution in [0.1, 0.15) is 58.2 Å². The molecule has 1 heterocycles. The fraction of sp³-hybridized carbons (Fsp3) is 0.500. The van der Waals surface area contributed by atoms with E-state index in [0.29, 0.717) is 6.61 Å². The normalized spacial score (nSPS) is 19.0. The van der Waals surface area contributed by atoms with E-state index in [0.717, 1.165) is 11.1 Å².